The Balaban J connectivity index is 1.20. The van der Waals surface area contributed by atoms with E-state index in [1.807, 2.05) is 67.7 Å². The number of hydrogen-bond donors (Lipinski definition) is 0. The zero-order valence-electron chi connectivity index (χ0n) is 22.4. The van der Waals surface area contributed by atoms with E-state index in [0.29, 0.717) is 12.8 Å². The molecule has 0 saturated carbocycles. The van der Waals surface area contributed by atoms with Gasteiger partial charge in [0.25, 0.3) is 0 Å². The van der Waals surface area contributed by atoms with E-state index in [2.05, 4.69) is 32.4 Å². The van der Waals surface area contributed by atoms with Crippen LogP contribution in [0, 0.1) is 0 Å². The summed E-state index contributed by atoms with van der Waals surface area (Å²) in [6.07, 6.45) is 4.02. The molecule has 2 saturated heterocycles. The molecule has 204 valence electrons. The molecule has 2 amide bonds. The van der Waals surface area contributed by atoms with Gasteiger partial charge in [-0.05, 0) is 43.7 Å². The maximum absolute atomic E-state index is 12.8. The molecular weight excluding hydrogens is 494 g/mol. The summed E-state index contributed by atoms with van der Waals surface area (Å²) in [6.45, 7) is 6.07. The number of carbonyl (C=O) groups excluding carboxylic acids is 2. The lowest BCUT2D eigenvalue weighted by Crippen LogP contribution is -2.39. The Morgan fingerprint density at radius 1 is 0.744 bits per heavy atom. The standard InChI is InChI=1S/C28H35N9O2/c1-2-33(19-15-25(34-17-7-13-27(34)38)36-23-11-5-3-9-21(23)29-31-36)20-16-26(35-18-8-14-28(35)39)37-24-12-6-4-10-22(24)30-32-37/h3-6,9-12,25-26H,2,7-8,13-20H2,1H3. The van der Waals surface area contributed by atoms with Gasteiger partial charge in [0.15, 0.2) is 0 Å². The zero-order chi connectivity index (χ0) is 26.8. The van der Waals surface area contributed by atoms with E-state index >= 15 is 0 Å². The van der Waals surface area contributed by atoms with Gasteiger partial charge in [-0.25, -0.2) is 9.36 Å². The van der Waals surface area contributed by atoms with Gasteiger partial charge >= 0.3 is 0 Å². The minimum atomic E-state index is -0.184. The van der Waals surface area contributed by atoms with Gasteiger partial charge in [-0.3, -0.25) is 9.59 Å². The van der Waals surface area contributed by atoms with Crippen molar-refractivity contribution in [3.63, 3.8) is 0 Å². The number of rotatable bonds is 11. The fraction of sp³-hybridized carbons (Fsp3) is 0.500. The van der Waals surface area contributed by atoms with Gasteiger partial charge < -0.3 is 14.7 Å². The number of para-hydroxylation sites is 2. The van der Waals surface area contributed by atoms with Crippen molar-refractivity contribution in [1.82, 2.24) is 44.7 Å². The van der Waals surface area contributed by atoms with Crippen molar-refractivity contribution in [2.75, 3.05) is 32.7 Å². The number of carbonyl (C=O) groups is 2. The number of fused-ring (bicyclic) bond motifs is 2. The Morgan fingerprint density at radius 3 is 1.62 bits per heavy atom. The van der Waals surface area contributed by atoms with Crippen molar-refractivity contribution in [2.45, 2.75) is 57.8 Å². The molecule has 11 heteroatoms. The first-order valence-corrected chi connectivity index (χ1v) is 14.0. The van der Waals surface area contributed by atoms with Gasteiger partial charge in [-0.1, -0.05) is 41.6 Å². The lowest BCUT2D eigenvalue weighted by atomic mass is 10.2. The molecule has 2 aromatic heterocycles. The third kappa shape index (κ3) is 4.98. The van der Waals surface area contributed by atoms with Crippen LogP contribution in [0.25, 0.3) is 22.1 Å². The maximum Gasteiger partial charge on any atom is 0.224 e. The third-order valence-corrected chi connectivity index (χ3v) is 8.11. The lowest BCUT2D eigenvalue weighted by molar-refractivity contribution is -0.132. The van der Waals surface area contributed by atoms with Crippen LogP contribution in [0.5, 0.6) is 0 Å². The maximum atomic E-state index is 12.8. The molecule has 0 radical (unpaired) electrons. The second-order valence-corrected chi connectivity index (χ2v) is 10.4. The van der Waals surface area contributed by atoms with Crippen LogP contribution in [-0.2, 0) is 9.59 Å². The smallest absolute Gasteiger partial charge is 0.224 e. The second kappa shape index (κ2) is 11.1. The van der Waals surface area contributed by atoms with Crippen molar-refractivity contribution in [2.24, 2.45) is 0 Å². The van der Waals surface area contributed by atoms with E-state index in [4.69, 9.17) is 0 Å². The van der Waals surface area contributed by atoms with Crippen LogP contribution in [0.4, 0.5) is 0 Å². The lowest BCUT2D eigenvalue weighted by Gasteiger charge is -2.32. The Bertz CT molecular complexity index is 1360. The molecule has 0 aliphatic carbocycles. The molecule has 11 nitrogen and oxygen atoms in total. The number of benzene rings is 2. The van der Waals surface area contributed by atoms with Crippen molar-refractivity contribution < 1.29 is 9.59 Å². The molecule has 2 fully saturated rings. The minimum absolute atomic E-state index is 0.174. The van der Waals surface area contributed by atoms with E-state index in [1.54, 1.807) is 0 Å². The van der Waals surface area contributed by atoms with Crippen molar-refractivity contribution in [3.8, 4) is 0 Å². The highest BCUT2D eigenvalue weighted by Gasteiger charge is 2.33. The number of hydrogen-bond acceptors (Lipinski definition) is 7. The molecule has 2 atom stereocenters. The molecule has 0 spiro atoms. The average Bonchev–Trinajstić information content (AvgIpc) is 3.76. The summed E-state index contributed by atoms with van der Waals surface area (Å²) in [6, 6.07) is 15.8. The predicted octanol–water partition coefficient (Wildman–Crippen LogP) is 3.22. The summed E-state index contributed by atoms with van der Waals surface area (Å²) in [4.78, 5) is 31.9. The topological polar surface area (TPSA) is 105 Å². The van der Waals surface area contributed by atoms with Crippen LogP contribution in [0.2, 0.25) is 0 Å². The Hall–Kier alpha value is -3.86. The summed E-state index contributed by atoms with van der Waals surface area (Å²) in [5.41, 5.74) is 3.55. The fourth-order valence-corrected chi connectivity index (χ4v) is 6.03. The Morgan fingerprint density at radius 2 is 1.21 bits per heavy atom. The van der Waals surface area contributed by atoms with Gasteiger partial charge in [0.05, 0.1) is 11.0 Å². The second-order valence-electron chi connectivity index (χ2n) is 10.4. The summed E-state index contributed by atoms with van der Waals surface area (Å²) < 4.78 is 3.83. The van der Waals surface area contributed by atoms with Gasteiger partial charge in [0, 0.05) is 51.9 Å². The number of likely N-dealkylation sites (tertiary alicyclic amines) is 2. The van der Waals surface area contributed by atoms with E-state index < -0.39 is 0 Å². The SMILES string of the molecule is CCN(CCC(N1CCCC1=O)n1nnc2ccccc21)CCC(N1CCCC1=O)n1nnc2ccccc21. The van der Waals surface area contributed by atoms with Crippen LogP contribution >= 0.6 is 0 Å². The van der Waals surface area contributed by atoms with E-state index in [9.17, 15) is 9.59 Å². The summed E-state index contributed by atoms with van der Waals surface area (Å²) in [5, 5.41) is 17.6. The monoisotopic (exact) mass is 529 g/mol. The highest BCUT2D eigenvalue weighted by molar-refractivity contribution is 5.80. The molecule has 2 aliphatic rings. The first kappa shape index (κ1) is 25.4. The minimum Gasteiger partial charge on any atom is -0.320 e. The summed E-state index contributed by atoms with van der Waals surface area (Å²) in [7, 11) is 0. The highest BCUT2D eigenvalue weighted by atomic mass is 16.2. The van der Waals surface area contributed by atoms with Crippen LogP contribution < -0.4 is 0 Å². The number of aromatic nitrogens is 6. The van der Waals surface area contributed by atoms with E-state index in [0.717, 1.165) is 80.5 Å². The van der Waals surface area contributed by atoms with Gasteiger partial charge in [-0.2, -0.15) is 0 Å². The molecule has 6 rings (SSSR count). The van der Waals surface area contributed by atoms with Crippen LogP contribution in [0.1, 0.15) is 57.8 Å². The van der Waals surface area contributed by atoms with Crippen molar-refractivity contribution in [3.05, 3.63) is 48.5 Å². The molecule has 39 heavy (non-hydrogen) atoms. The van der Waals surface area contributed by atoms with Gasteiger partial charge in [-0.15, -0.1) is 10.2 Å². The molecule has 0 N–H and O–H groups in total. The average molecular weight is 530 g/mol. The van der Waals surface area contributed by atoms with Crippen LogP contribution in [0.15, 0.2) is 48.5 Å². The largest absolute Gasteiger partial charge is 0.320 e. The molecule has 4 aromatic rings. The summed E-state index contributed by atoms with van der Waals surface area (Å²) >= 11 is 0. The van der Waals surface area contributed by atoms with Gasteiger partial charge in [0.1, 0.15) is 23.4 Å². The van der Waals surface area contributed by atoms with Crippen LogP contribution in [-0.4, -0.2) is 89.2 Å². The van der Waals surface area contributed by atoms with E-state index in [1.165, 1.54) is 0 Å². The first-order valence-electron chi connectivity index (χ1n) is 14.0. The number of nitrogens with zero attached hydrogens (tertiary/aromatic N) is 9. The quantitative estimate of drug-likeness (QED) is 0.294. The van der Waals surface area contributed by atoms with Crippen molar-refractivity contribution in [1.29, 1.82) is 0 Å². The molecule has 2 unspecified atom stereocenters. The zero-order valence-corrected chi connectivity index (χ0v) is 22.4. The molecular formula is C28H35N9O2. The molecule has 0 bridgehead atoms. The molecule has 2 aliphatic heterocycles. The first-order chi connectivity index (χ1) is 19.1. The van der Waals surface area contributed by atoms with E-state index in [-0.39, 0.29) is 24.1 Å². The Labute approximate surface area is 227 Å². The Kier molecular flexibility index (Phi) is 7.23. The highest BCUT2D eigenvalue weighted by Crippen LogP contribution is 2.29. The normalized spacial score (nSPS) is 17.8. The van der Waals surface area contributed by atoms with Gasteiger partial charge in [0.2, 0.25) is 11.8 Å². The summed E-state index contributed by atoms with van der Waals surface area (Å²) in [5.74, 6) is 0.349. The molecule has 4 heterocycles. The van der Waals surface area contributed by atoms with Crippen molar-refractivity contribution >= 4 is 33.9 Å². The predicted molar refractivity (Wildman–Crippen MR) is 146 cm³/mol. The number of amides is 2. The fourth-order valence-electron chi connectivity index (χ4n) is 6.03. The molecule has 2 aromatic carbocycles. The van der Waals surface area contributed by atoms with Crippen LogP contribution in [0.3, 0.4) is 0 Å². The third-order valence-electron chi connectivity index (χ3n) is 8.11.